The van der Waals surface area contributed by atoms with Crippen LogP contribution in [0.5, 0.6) is 0 Å². The van der Waals surface area contributed by atoms with E-state index in [-0.39, 0.29) is 0 Å². The summed E-state index contributed by atoms with van der Waals surface area (Å²) in [4.78, 5) is 6.64. The fourth-order valence-corrected chi connectivity index (χ4v) is 3.04. The van der Waals surface area contributed by atoms with Gasteiger partial charge in [0.2, 0.25) is 0 Å². The Hall–Kier alpha value is -1.55. The van der Waals surface area contributed by atoms with Gasteiger partial charge >= 0.3 is 0 Å². The molecule has 1 aliphatic heterocycles. The Kier molecular flexibility index (Phi) is 2.11. The highest BCUT2D eigenvalue weighted by Crippen LogP contribution is 2.40. The van der Waals surface area contributed by atoms with Gasteiger partial charge in [-0.3, -0.25) is 0 Å². The molecule has 4 heteroatoms. The summed E-state index contributed by atoms with van der Waals surface area (Å²) in [5.41, 5.74) is 8.40. The van der Waals surface area contributed by atoms with Crippen molar-refractivity contribution in [1.29, 1.82) is 0 Å². The van der Waals surface area contributed by atoms with Crippen LogP contribution in [0.2, 0.25) is 0 Å². The van der Waals surface area contributed by atoms with Crippen LogP contribution in [0.3, 0.4) is 0 Å². The summed E-state index contributed by atoms with van der Waals surface area (Å²) in [7, 11) is 0. The summed E-state index contributed by atoms with van der Waals surface area (Å²) in [6.07, 6.45) is 2.81. The molecule has 3 nitrogen and oxygen atoms in total. The Morgan fingerprint density at radius 3 is 3.00 bits per heavy atom. The van der Waals surface area contributed by atoms with E-state index >= 15 is 0 Å². The monoisotopic (exact) mass is 231 g/mol. The van der Waals surface area contributed by atoms with E-state index in [0.29, 0.717) is 6.04 Å². The van der Waals surface area contributed by atoms with E-state index in [1.165, 1.54) is 11.3 Å². The van der Waals surface area contributed by atoms with Crippen molar-refractivity contribution in [2.45, 2.75) is 19.4 Å². The number of rotatable bonds is 1. The molecule has 0 spiro atoms. The summed E-state index contributed by atoms with van der Waals surface area (Å²) >= 11 is 1.54. The zero-order valence-corrected chi connectivity index (χ0v) is 9.87. The Morgan fingerprint density at radius 2 is 2.25 bits per heavy atom. The minimum atomic E-state index is 0.461. The summed E-state index contributed by atoms with van der Waals surface area (Å²) in [5.74, 6) is 0. The third-order valence-corrected chi connectivity index (χ3v) is 3.75. The number of anilines is 3. The zero-order valence-electron chi connectivity index (χ0n) is 9.05. The third-order valence-electron chi connectivity index (χ3n) is 2.92. The lowest BCUT2D eigenvalue weighted by Gasteiger charge is -2.21. The van der Waals surface area contributed by atoms with Crippen molar-refractivity contribution in [1.82, 2.24) is 4.98 Å². The maximum absolute atomic E-state index is 5.74. The van der Waals surface area contributed by atoms with E-state index in [4.69, 9.17) is 5.73 Å². The Balaban J connectivity index is 2.08. The number of nitrogens with zero attached hydrogens (tertiary/aromatic N) is 2. The molecule has 0 saturated heterocycles. The molecule has 1 unspecified atom stereocenters. The van der Waals surface area contributed by atoms with Crippen LogP contribution >= 0.6 is 11.3 Å². The first-order chi connectivity index (χ1) is 7.75. The number of hydrogen-bond acceptors (Lipinski definition) is 4. The van der Waals surface area contributed by atoms with E-state index < -0.39 is 0 Å². The summed E-state index contributed by atoms with van der Waals surface area (Å²) in [5, 5.41) is 1.77. The molecule has 3 rings (SSSR count). The highest BCUT2D eigenvalue weighted by Gasteiger charge is 2.28. The summed E-state index contributed by atoms with van der Waals surface area (Å²) in [6.45, 7) is 2.22. The maximum atomic E-state index is 5.74. The van der Waals surface area contributed by atoms with Crippen molar-refractivity contribution < 1.29 is 0 Å². The highest BCUT2D eigenvalue weighted by molar-refractivity contribution is 7.19. The van der Waals surface area contributed by atoms with E-state index in [1.54, 1.807) is 17.5 Å². The molecule has 0 aliphatic carbocycles. The number of thiazole rings is 1. The molecule has 16 heavy (non-hydrogen) atoms. The predicted octanol–water partition coefficient (Wildman–Crippen LogP) is 2.81. The van der Waals surface area contributed by atoms with Gasteiger partial charge in [-0.1, -0.05) is 29.5 Å². The van der Waals surface area contributed by atoms with Crippen LogP contribution in [-0.2, 0) is 6.42 Å². The SMILES string of the molecule is CC1Cc2ccccc2N1c1ncc(N)s1. The second-order valence-electron chi connectivity index (χ2n) is 4.10. The number of nitrogen functional groups attached to an aromatic ring is 1. The molecular formula is C12H13N3S. The van der Waals surface area contributed by atoms with Crippen molar-refractivity contribution in [3.05, 3.63) is 36.0 Å². The lowest BCUT2D eigenvalue weighted by Crippen LogP contribution is -2.23. The molecule has 0 bridgehead atoms. The topological polar surface area (TPSA) is 42.2 Å². The molecule has 1 atom stereocenters. The fraction of sp³-hybridized carbons (Fsp3) is 0.250. The van der Waals surface area contributed by atoms with Gasteiger partial charge in [0.15, 0.2) is 5.13 Å². The van der Waals surface area contributed by atoms with Gasteiger partial charge in [0.25, 0.3) is 0 Å². The molecule has 2 N–H and O–H groups in total. The molecule has 0 amide bonds. The Bertz CT molecular complexity index is 520. The predicted molar refractivity (Wildman–Crippen MR) is 68.3 cm³/mol. The normalized spacial score (nSPS) is 18.8. The van der Waals surface area contributed by atoms with Crippen LogP contribution in [0.15, 0.2) is 30.5 Å². The van der Waals surface area contributed by atoms with Gasteiger partial charge in [0.1, 0.15) is 5.00 Å². The number of nitrogens with two attached hydrogens (primary N) is 1. The van der Waals surface area contributed by atoms with Crippen LogP contribution < -0.4 is 10.6 Å². The van der Waals surface area contributed by atoms with E-state index in [0.717, 1.165) is 16.6 Å². The van der Waals surface area contributed by atoms with Gasteiger partial charge in [-0.05, 0) is 25.0 Å². The van der Waals surface area contributed by atoms with Crippen molar-refractivity contribution in [3.8, 4) is 0 Å². The number of hydrogen-bond donors (Lipinski definition) is 1. The summed E-state index contributed by atoms with van der Waals surface area (Å²) < 4.78 is 0. The molecule has 2 heterocycles. The minimum absolute atomic E-state index is 0.461. The van der Waals surface area contributed by atoms with Crippen LogP contribution in [0.4, 0.5) is 15.8 Å². The standard InChI is InChI=1S/C12H13N3S/c1-8-6-9-4-2-3-5-10(9)15(8)12-14-7-11(13)16-12/h2-5,7-8H,6,13H2,1H3. The lowest BCUT2D eigenvalue weighted by atomic mass is 10.1. The lowest BCUT2D eigenvalue weighted by molar-refractivity contribution is 0.756. The molecule has 1 aromatic heterocycles. The van der Waals surface area contributed by atoms with Crippen molar-refractivity contribution in [2.75, 3.05) is 10.6 Å². The zero-order chi connectivity index (χ0) is 11.1. The van der Waals surface area contributed by atoms with Crippen molar-refractivity contribution in [2.24, 2.45) is 0 Å². The third kappa shape index (κ3) is 1.38. The first-order valence-electron chi connectivity index (χ1n) is 5.34. The number of aromatic nitrogens is 1. The molecule has 0 radical (unpaired) electrons. The molecule has 1 aliphatic rings. The molecule has 0 saturated carbocycles. The van der Waals surface area contributed by atoms with Gasteiger partial charge in [0, 0.05) is 11.7 Å². The van der Waals surface area contributed by atoms with Crippen LogP contribution in [0.1, 0.15) is 12.5 Å². The Morgan fingerprint density at radius 1 is 1.44 bits per heavy atom. The molecule has 1 aromatic carbocycles. The fourth-order valence-electron chi connectivity index (χ4n) is 2.25. The van der Waals surface area contributed by atoms with E-state index in [1.807, 2.05) is 0 Å². The quantitative estimate of drug-likeness (QED) is 0.820. The second kappa shape index (κ2) is 3.49. The van der Waals surface area contributed by atoms with Gasteiger partial charge in [-0.25, -0.2) is 4.98 Å². The average molecular weight is 231 g/mol. The largest absolute Gasteiger partial charge is 0.389 e. The van der Waals surface area contributed by atoms with Gasteiger partial charge < -0.3 is 10.6 Å². The number of fused-ring (bicyclic) bond motifs is 1. The van der Waals surface area contributed by atoms with Crippen LogP contribution in [-0.4, -0.2) is 11.0 Å². The minimum Gasteiger partial charge on any atom is -0.389 e. The van der Waals surface area contributed by atoms with Crippen LogP contribution in [0, 0.1) is 0 Å². The van der Waals surface area contributed by atoms with Gasteiger partial charge in [-0.2, -0.15) is 0 Å². The van der Waals surface area contributed by atoms with Gasteiger partial charge in [-0.15, -0.1) is 0 Å². The molecular weight excluding hydrogens is 218 g/mol. The molecule has 0 fully saturated rings. The molecule has 2 aromatic rings. The maximum Gasteiger partial charge on any atom is 0.192 e. The van der Waals surface area contributed by atoms with Crippen LogP contribution in [0.25, 0.3) is 0 Å². The number of para-hydroxylation sites is 1. The second-order valence-corrected chi connectivity index (χ2v) is 5.14. The number of benzene rings is 1. The first kappa shape index (κ1) is 9.66. The first-order valence-corrected chi connectivity index (χ1v) is 6.16. The highest BCUT2D eigenvalue weighted by atomic mass is 32.1. The smallest absolute Gasteiger partial charge is 0.192 e. The van der Waals surface area contributed by atoms with Gasteiger partial charge in [0.05, 0.1) is 6.20 Å². The molecule has 82 valence electrons. The van der Waals surface area contributed by atoms with Crippen molar-refractivity contribution in [3.63, 3.8) is 0 Å². The van der Waals surface area contributed by atoms with Crippen molar-refractivity contribution >= 4 is 27.2 Å². The average Bonchev–Trinajstić information content (AvgIpc) is 2.80. The summed E-state index contributed by atoms with van der Waals surface area (Å²) in [6, 6.07) is 8.95. The Labute approximate surface area is 98.5 Å². The van der Waals surface area contributed by atoms with E-state index in [9.17, 15) is 0 Å². The van der Waals surface area contributed by atoms with E-state index in [2.05, 4.69) is 41.1 Å².